The molecule has 0 aliphatic heterocycles. The highest BCUT2D eigenvalue weighted by Crippen LogP contribution is 2.23. The lowest BCUT2D eigenvalue weighted by Crippen LogP contribution is -2.25. The summed E-state index contributed by atoms with van der Waals surface area (Å²) >= 11 is 3.36. The molecular weight excluding hydrogens is 282 g/mol. The van der Waals surface area contributed by atoms with Crippen molar-refractivity contribution in [2.45, 2.75) is 0 Å². The first kappa shape index (κ1) is 14.0. The number of ether oxygens (including phenoxy) is 1. The van der Waals surface area contributed by atoms with Crippen LogP contribution in [0.2, 0.25) is 0 Å². The lowest BCUT2D eigenvalue weighted by atomic mass is 10.2. The van der Waals surface area contributed by atoms with E-state index in [0.29, 0.717) is 12.2 Å². The van der Waals surface area contributed by atoms with Crippen LogP contribution in [0.25, 0.3) is 0 Å². The molecule has 1 aromatic carbocycles. The highest BCUT2D eigenvalue weighted by Gasteiger charge is 2.04. The molecule has 0 bridgehead atoms. The predicted octanol–water partition coefficient (Wildman–Crippen LogP) is 1.97. The van der Waals surface area contributed by atoms with Crippen molar-refractivity contribution >= 4 is 21.6 Å². The van der Waals surface area contributed by atoms with Gasteiger partial charge in [-0.15, -0.1) is 0 Å². The van der Waals surface area contributed by atoms with Crippen molar-refractivity contribution in [3.8, 4) is 6.07 Å². The van der Waals surface area contributed by atoms with Gasteiger partial charge in [-0.05, 0) is 28.1 Å². The van der Waals surface area contributed by atoms with Crippen molar-refractivity contribution in [3.63, 3.8) is 0 Å². The fourth-order valence-electron chi connectivity index (χ4n) is 1.37. The molecule has 17 heavy (non-hydrogen) atoms. The number of benzene rings is 1. The Balaban J connectivity index is 2.37. The Kier molecular flexibility index (Phi) is 6.63. The Morgan fingerprint density at radius 2 is 2.18 bits per heavy atom. The molecule has 0 aromatic heterocycles. The molecule has 0 saturated heterocycles. The van der Waals surface area contributed by atoms with Crippen LogP contribution >= 0.6 is 15.9 Å². The van der Waals surface area contributed by atoms with Crippen molar-refractivity contribution < 1.29 is 4.74 Å². The van der Waals surface area contributed by atoms with E-state index >= 15 is 0 Å². The van der Waals surface area contributed by atoms with Gasteiger partial charge in [-0.25, -0.2) is 0 Å². The molecule has 92 valence electrons. The van der Waals surface area contributed by atoms with Crippen LogP contribution in [0.4, 0.5) is 5.69 Å². The number of hydrogen-bond acceptors (Lipinski definition) is 4. The summed E-state index contributed by atoms with van der Waals surface area (Å²) in [6.45, 7) is 3.15. The zero-order valence-electron chi connectivity index (χ0n) is 9.79. The van der Waals surface area contributed by atoms with Gasteiger partial charge in [0.2, 0.25) is 0 Å². The third kappa shape index (κ3) is 4.73. The molecule has 0 atom stereocenters. The Labute approximate surface area is 110 Å². The second-order valence-electron chi connectivity index (χ2n) is 3.44. The molecule has 0 aliphatic rings. The first-order valence-electron chi connectivity index (χ1n) is 5.41. The van der Waals surface area contributed by atoms with Crippen LogP contribution < -0.4 is 10.6 Å². The molecule has 0 aliphatic carbocycles. The number of rotatable bonds is 7. The maximum Gasteiger partial charge on any atom is 0.103 e. The molecule has 0 unspecified atom stereocenters. The number of hydrogen-bond donors (Lipinski definition) is 2. The van der Waals surface area contributed by atoms with E-state index in [1.165, 1.54) is 0 Å². The molecule has 5 heteroatoms. The summed E-state index contributed by atoms with van der Waals surface area (Å²) in [7, 11) is 1.68. The predicted molar refractivity (Wildman–Crippen MR) is 72.1 cm³/mol. The van der Waals surface area contributed by atoms with Crippen LogP contribution in [0.3, 0.4) is 0 Å². The molecule has 4 nitrogen and oxygen atoms in total. The fraction of sp³-hybridized carbons (Fsp3) is 0.417. The second kappa shape index (κ2) is 8.07. The third-order valence-electron chi connectivity index (χ3n) is 2.23. The smallest absolute Gasteiger partial charge is 0.103 e. The van der Waals surface area contributed by atoms with Gasteiger partial charge in [0.05, 0.1) is 17.9 Å². The summed E-state index contributed by atoms with van der Waals surface area (Å²) in [5, 5.41) is 15.5. The van der Waals surface area contributed by atoms with Gasteiger partial charge >= 0.3 is 0 Å². The second-order valence-corrected chi connectivity index (χ2v) is 4.30. The Hall–Kier alpha value is -1.09. The summed E-state index contributed by atoms with van der Waals surface area (Å²) in [5.74, 6) is 0. The maximum atomic E-state index is 9.02. The number of methoxy groups -OCH3 is 1. The number of anilines is 1. The van der Waals surface area contributed by atoms with Gasteiger partial charge in [0.1, 0.15) is 6.07 Å². The lowest BCUT2D eigenvalue weighted by molar-refractivity contribution is 0.200. The molecule has 1 aromatic rings. The van der Waals surface area contributed by atoms with E-state index in [0.717, 1.165) is 29.8 Å². The highest BCUT2D eigenvalue weighted by atomic mass is 79.9. The van der Waals surface area contributed by atoms with E-state index in [9.17, 15) is 0 Å². The van der Waals surface area contributed by atoms with E-state index in [4.69, 9.17) is 10.00 Å². The molecule has 2 N–H and O–H groups in total. The minimum absolute atomic E-state index is 0.643. The Morgan fingerprint density at radius 3 is 2.88 bits per heavy atom. The zero-order chi connectivity index (χ0) is 12.5. The van der Waals surface area contributed by atoms with E-state index in [1.807, 2.05) is 18.2 Å². The standard InChI is InChI=1S/C12H16BrN3O/c1-17-8-7-15-5-6-16-12-4-2-3-11(13)10(12)9-14/h2-4,15-16H,5-8H2,1H3. The molecule has 0 amide bonds. The molecular formula is C12H16BrN3O. The Bertz CT molecular complexity index is 390. The molecule has 0 saturated carbocycles. The van der Waals surface area contributed by atoms with Crippen molar-refractivity contribution in [2.75, 3.05) is 38.7 Å². The third-order valence-corrected chi connectivity index (χ3v) is 2.89. The summed E-state index contributed by atoms with van der Waals surface area (Å²) in [5.41, 5.74) is 1.50. The monoisotopic (exact) mass is 297 g/mol. The zero-order valence-corrected chi connectivity index (χ0v) is 11.4. The normalized spacial score (nSPS) is 9.94. The highest BCUT2D eigenvalue weighted by molar-refractivity contribution is 9.10. The molecule has 0 heterocycles. The van der Waals surface area contributed by atoms with Crippen molar-refractivity contribution in [3.05, 3.63) is 28.2 Å². The maximum absolute atomic E-state index is 9.02. The summed E-state index contributed by atoms with van der Waals surface area (Å²) in [6.07, 6.45) is 0. The SMILES string of the molecule is COCCNCCNc1cccc(Br)c1C#N. The number of nitriles is 1. The van der Waals surface area contributed by atoms with Gasteiger partial charge in [0.25, 0.3) is 0 Å². The summed E-state index contributed by atoms with van der Waals surface area (Å²) in [4.78, 5) is 0. The molecule has 1 rings (SSSR count). The first-order valence-corrected chi connectivity index (χ1v) is 6.21. The summed E-state index contributed by atoms with van der Waals surface area (Å²) in [6, 6.07) is 7.85. The average molecular weight is 298 g/mol. The van der Waals surface area contributed by atoms with Crippen LogP contribution in [0.15, 0.2) is 22.7 Å². The minimum Gasteiger partial charge on any atom is -0.383 e. The van der Waals surface area contributed by atoms with Gasteiger partial charge in [0.15, 0.2) is 0 Å². The van der Waals surface area contributed by atoms with Gasteiger partial charge in [-0.3, -0.25) is 0 Å². The minimum atomic E-state index is 0.643. The van der Waals surface area contributed by atoms with Gasteiger partial charge in [-0.2, -0.15) is 5.26 Å². The van der Waals surface area contributed by atoms with Crippen LogP contribution in [0, 0.1) is 11.3 Å². The largest absolute Gasteiger partial charge is 0.383 e. The van der Waals surface area contributed by atoms with Gasteiger partial charge < -0.3 is 15.4 Å². The summed E-state index contributed by atoms with van der Waals surface area (Å²) < 4.78 is 5.74. The van der Waals surface area contributed by atoms with Crippen LogP contribution in [-0.4, -0.2) is 33.4 Å². The van der Waals surface area contributed by atoms with Gasteiger partial charge in [-0.1, -0.05) is 6.07 Å². The topological polar surface area (TPSA) is 57.1 Å². The van der Waals surface area contributed by atoms with Crippen molar-refractivity contribution in [2.24, 2.45) is 0 Å². The molecule has 0 radical (unpaired) electrons. The quantitative estimate of drug-likeness (QED) is 0.756. The fourth-order valence-corrected chi connectivity index (χ4v) is 1.82. The molecule has 0 spiro atoms. The van der Waals surface area contributed by atoms with Crippen molar-refractivity contribution in [1.82, 2.24) is 5.32 Å². The van der Waals surface area contributed by atoms with Gasteiger partial charge in [0, 0.05) is 31.2 Å². The first-order chi connectivity index (χ1) is 8.29. The van der Waals surface area contributed by atoms with Crippen LogP contribution in [0.1, 0.15) is 5.56 Å². The van der Waals surface area contributed by atoms with E-state index in [2.05, 4.69) is 32.6 Å². The number of nitrogens with zero attached hydrogens (tertiary/aromatic N) is 1. The lowest BCUT2D eigenvalue weighted by Gasteiger charge is -2.09. The average Bonchev–Trinajstić information content (AvgIpc) is 2.34. The number of nitrogens with one attached hydrogen (secondary N) is 2. The van der Waals surface area contributed by atoms with E-state index < -0.39 is 0 Å². The van der Waals surface area contributed by atoms with Crippen LogP contribution in [-0.2, 0) is 4.74 Å². The van der Waals surface area contributed by atoms with E-state index in [1.54, 1.807) is 7.11 Å². The van der Waals surface area contributed by atoms with E-state index in [-0.39, 0.29) is 0 Å². The van der Waals surface area contributed by atoms with Crippen molar-refractivity contribution in [1.29, 1.82) is 5.26 Å². The number of halogens is 1. The van der Waals surface area contributed by atoms with Crippen LogP contribution in [0.5, 0.6) is 0 Å². The Morgan fingerprint density at radius 1 is 1.35 bits per heavy atom. The molecule has 0 fully saturated rings.